The number of unbranched alkanes of at least 4 members (excludes halogenated alkanes) is 1. The van der Waals surface area contributed by atoms with E-state index in [1.807, 2.05) is 6.92 Å². The Morgan fingerprint density at radius 2 is 2.06 bits per heavy atom. The maximum Gasteiger partial charge on any atom is 0.236 e. The van der Waals surface area contributed by atoms with Gasteiger partial charge in [0.2, 0.25) is 5.91 Å². The van der Waals surface area contributed by atoms with Gasteiger partial charge in [-0.15, -0.1) is 0 Å². The fourth-order valence-corrected chi connectivity index (χ4v) is 2.34. The molecule has 1 saturated carbocycles. The topological polar surface area (TPSA) is 41.1 Å². The fourth-order valence-electron chi connectivity index (χ4n) is 2.34. The van der Waals surface area contributed by atoms with Crippen molar-refractivity contribution in [1.29, 1.82) is 0 Å². The summed E-state index contributed by atoms with van der Waals surface area (Å²) in [5.74, 6) is 0.143. The second-order valence-corrected chi connectivity index (χ2v) is 5.45. The minimum Gasteiger partial charge on any atom is -0.355 e. The maximum absolute atomic E-state index is 11.8. The molecule has 1 rings (SSSR count). The van der Waals surface area contributed by atoms with Gasteiger partial charge in [0.25, 0.3) is 0 Å². The molecule has 0 heterocycles. The van der Waals surface area contributed by atoms with E-state index in [2.05, 4.69) is 24.5 Å². The van der Waals surface area contributed by atoms with Crippen LogP contribution in [0.5, 0.6) is 0 Å². The minimum atomic E-state index is -0.0594. The Morgan fingerprint density at radius 1 is 1.35 bits per heavy atom. The van der Waals surface area contributed by atoms with Crippen molar-refractivity contribution >= 4 is 5.91 Å². The van der Waals surface area contributed by atoms with Gasteiger partial charge in [0.1, 0.15) is 0 Å². The quantitative estimate of drug-likeness (QED) is 0.640. The Hall–Kier alpha value is -0.570. The molecule has 1 aliphatic rings. The van der Waals surface area contributed by atoms with E-state index in [4.69, 9.17) is 0 Å². The molecule has 3 heteroatoms. The van der Waals surface area contributed by atoms with E-state index < -0.39 is 0 Å². The third kappa shape index (κ3) is 4.30. The third-order valence-electron chi connectivity index (χ3n) is 4.17. The number of carbonyl (C=O) groups excluding carboxylic acids is 1. The highest BCUT2D eigenvalue weighted by Gasteiger charge is 2.35. The second-order valence-electron chi connectivity index (χ2n) is 5.45. The van der Waals surface area contributed by atoms with Gasteiger partial charge < -0.3 is 10.6 Å². The predicted molar refractivity (Wildman–Crippen MR) is 72.0 cm³/mol. The van der Waals surface area contributed by atoms with Crippen LogP contribution in [0.3, 0.4) is 0 Å². The summed E-state index contributed by atoms with van der Waals surface area (Å²) < 4.78 is 0. The van der Waals surface area contributed by atoms with E-state index in [1.165, 1.54) is 25.7 Å². The van der Waals surface area contributed by atoms with E-state index >= 15 is 0 Å². The molecule has 0 aromatic heterocycles. The normalized spacial score (nSPS) is 19.5. The van der Waals surface area contributed by atoms with Crippen molar-refractivity contribution in [2.75, 3.05) is 13.1 Å². The van der Waals surface area contributed by atoms with E-state index in [-0.39, 0.29) is 11.9 Å². The maximum atomic E-state index is 11.8. The van der Waals surface area contributed by atoms with Gasteiger partial charge in [0, 0.05) is 13.1 Å². The Balaban J connectivity index is 2.19. The van der Waals surface area contributed by atoms with Crippen LogP contribution in [0, 0.1) is 5.41 Å². The minimum absolute atomic E-state index is 0.0594. The number of hydrogen-bond donors (Lipinski definition) is 2. The van der Waals surface area contributed by atoms with Crippen LogP contribution >= 0.6 is 0 Å². The highest BCUT2D eigenvalue weighted by Crippen LogP contribution is 2.43. The molecule has 3 nitrogen and oxygen atoms in total. The molecule has 0 radical (unpaired) electrons. The molecule has 1 atom stereocenters. The number of carbonyl (C=O) groups is 1. The molecule has 1 fully saturated rings. The van der Waals surface area contributed by atoms with Gasteiger partial charge in [-0.1, -0.05) is 26.7 Å². The summed E-state index contributed by atoms with van der Waals surface area (Å²) in [4.78, 5) is 11.8. The molecular weight excluding hydrogens is 212 g/mol. The average Bonchev–Trinajstić information content (AvgIpc) is 2.28. The van der Waals surface area contributed by atoms with Crippen LogP contribution in [-0.2, 0) is 4.79 Å². The van der Waals surface area contributed by atoms with Crippen molar-refractivity contribution in [3.63, 3.8) is 0 Å². The van der Waals surface area contributed by atoms with Gasteiger partial charge in [-0.2, -0.15) is 0 Å². The summed E-state index contributed by atoms with van der Waals surface area (Å²) in [6, 6.07) is -0.0594. The van der Waals surface area contributed by atoms with Crippen molar-refractivity contribution in [3.05, 3.63) is 0 Å². The van der Waals surface area contributed by atoms with E-state index in [0.29, 0.717) is 5.41 Å². The standard InChI is InChI=1S/C14H28N2O/c1-4-6-10-15-13(17)12(3)16-11-14(5-2)8-7-9-14/h12,16H,4-11H2,1-3H3,(H,15,17). The summed E-state index contributed by atoms with van der Waals surface area (Å²) in [7, 11) is 0. The van der Waals surface area contributed by atoms with Crippen molar-refractivity contribution in [2.24, 2.45) is 5.41 Å². The van der Waals surface area contributed by atoms with Crippen LogP contribution in [0.4, 0.5) is 0 Å². The van der Waals surface area contributed by atoms with Crippen LogP contribution in [-0.4, -0.2) is 25.0 Å². The van der Waals surface area contributed by atoms with Crippen LogP contribution in [0.15, 0.2) is 0 Å². The van der Waals surface area contributed by atoms with Crippen molar-refractivity contribution in [1.82, 2.24) is 10.6 Å². The zero-order valence-electron chi connectivity index (χ0n) is 11.6. The summed E-state index contributed by atoms with van der Waals surface area (Å²) in [5.41, 5.74) is 0.484. The second kappa shape index (κ2) is 7.00. The van der Waals surface area contributed by atoms with Crippen molar-refractivity contribution in [3.8, 4) is 0 Å². The summed E-state index contributed by atoms with van der Waals surface area (Å²) in [6.07, 6.45) is 7.41. The van der Waals surface area contributed by atoms with Crippen LogP contribution in [0.2, 0.25) is 0 Å². The number of nitrogens with one attached hydrogen (secondary N) is 2. The smallest absolute Gasteiger partial charge is 0.236 e. The number of amides is 1. The lowest BCUT2D eigenvalue weighted by atomic mass is 9.67. The van der Waals surface area contributed by atoms with Crippen molar-refractivity contribution < 1.29 is 4.79 Å². The lowest BCUT2D eigenvalue weighted by Crippen LogP contribution is -2.48. The lowest BCUT2D eigenvalue weighted by Gasteiger charge is -2.42. The largest absolute Gasteiger partial charge is 0.355 e. The Kier molecular flexibility index (Phi) is 5.96. The molecular formula is C14H28N2O. The molecule has 0 aromatic carbocycles. The first-order valence-electron chi connectivity index (χ1n) is 7.14. The molecule has 2 N–H and O–H groups in total. The average molecular weight is 240 g/mol. The highest BCUT2D eigenvalue weighted by atomic mass is 16.2. The Bertz CT molecular complexity index is 231. The Morgan fingerprint density at radius 3 is 2.53 bits per heavy atom. The summed E-state index contributed by atoms with van der Waals surface area (Å²) >= 11 is 0. The molecule has 1 amide bonds. The zero-order chi connectivity index (χ0) is 12.7. The zero-order valence-corrected chi connectivity index (χ0v) is 11.6. The first kappa shape index (κ1) is 14.5. The predicted octanol–water partition coefficient (Wildman–Crippen LogP) is 2.46. The molecule has 17 heavy (non-hydrogen) atoms. The molecule has 0 aliphatic heterocycles. The molecule has 0 spiro atoms. The third-order valence-corrected chi connectivity index (χ3v) is 4.17. The lowest BCUT2D eigenvalue weighted by molar-refractivity contribution is -0.122. The van der Waals surface area contributed by atoms with Gasteiger partial charge in [-0.05, 0) is 38.0 Å². The Labute approximate surface area is 106 Å². The number of rotatable bonds is 8. The fraction of sp³-hybridized carbons (Fsp3) is 0.929. The number of hydrogen-bond acceptors (Lipinski definition) is 2. The molecule has 100 valence electrons. The van der Waals surface area contributed by atoms with Crippen molar-refractivity contribution in [2.45, 2.75) is 65.3 Å². The summed E-state index contributed by atoms with van der Waals surface area (Å²) in [6.45, 7) is 8.15. The van der Waals surface area contributed by atoms with Gasteiger partial charge in [0.15, 0.2) is 0 Å². The summed E-state index contributed by atoms with van der Waals surface area (Å²) in [5, 5.41) is 6.36. The van der Waals surface area contributed by atoms with Gasteiger partial charge in [0.05, 0.1) is 6.04 Å². The van der Waals surface area contributed by atoms with Crippen LogP contribution < -0.4 is 10.6 Å². The SMILES string of the molecule is CCCCNC(=O)C(C)NCC1(CC)CCC1. The molecule has 1 unspecified atom stereocenters. The molecule has 0 bridgehead atoms. The monoisotopic (exact) mass is 240 g/mol. The van der Waals surface area contributed by atoms with E-state index in [1.54, 1.807) is 0 Å². The van der Waals surface area contributed by atoms with Gasteiger partial charge >= 0.3 is 0 Å². The molecule has 0 saturated heterocycles. The van der Waals surface area contributed by atoms with Crippen LogP contribution in [0.1, 0.15) is 59.3 Å². The van der Waals surface area contributed by atoms with E-state index in [9.17, 15) is 4.79 Å². The van der Waals surface area contributed by atoms with E-state index in [0.717, 1.165) is 25.9 Å². The molecule has 1 aliphatic carbocycles. The first-order valence-corrected chi connectivity index (χ1v) is 7.14. The highest BCUT2D eigenvalue weighted by molar-refractivity contribution is 5.81. The molecule has 0 aromatic rings. The first-order chi connectivity index (χ1) is 8.13. The van der Waals surface area contributed by atoms with Crippen LogP contribution in [0.25, 0.3) is 0 Å². The van der Waals surface area contributed by atoms with Gasteiger partial charge in [-0.3, -0.25) is 4.79 Å². The van der Waals surface area contributed by atoms with Gasteiger partial charge in [-0.25, -0.2) is 0 Å².